The molecule has 5 heteroatoms. The summed E-state index contributed by atoms with van der Waals surface area (Å²) in [6.07, 6.45) is 0. The molecule has 0 saturated carbocycles. The van der Waals surface area contributed by atoms with Crippen LogP contribution in [0.25, 0.3) is 0 Å². The van der Waals surface area contributed by atoms with E-state index >= 15 is 0 Å². The van der Waals surface area contributed by atoms with Crippen molar-refractivity contribution in [1.82, 2.24) is 0 Å². The van der Waals surface area contributed by atoms with Gasteiger partial charge in [-0.15, -0.1) is 0 Å². The van der Waals surface area contributed by atoms with Crippen LogP contribution in [0.2, 0.25) is 5.02 Å². The van der Waals surface area contributed by atoms with E-state index in [1.54, 1.807) is 36.4 Å². The Morgan fingerprint density at radius 2 is 1.73 bits per heavy atom. The lowest BCUT2D eigenvalue weighted by atomic mass is 10.0. The predicted octanol–water partition coefficient (Wildman–Crippen LogP) is 5.89. The maximum Gasteiger partial charge on any atom is 0.291 e. The van der Waals surface area contributed by atoms with Crippen LogP contribution >= 0.6 is 11.6 Å². The molecule has 0 aliphatic heterocycles. The van der Waals surface area contributed by atoms with Crippen LogP contribution in [-0.4, -0.2) is 5.91 Å². The van der Waals surface area contributed by atoms with E-state index in [1.807, 2.05) is 24.3 Å². The van der Waals surface area contributed by atoms with Gasteiger partial charge in [0, 0.05) is 10.7 Å². The molecule has 0 radical (unpaired) electrons. The number of carbonyl (C=O) groups is 1. The Morgan fingerprint density at radius 3 is 2.38 bits per heavy atom. The summed E-state index contributed by atoms with van der Waals surface area (Å²) >= 11 is 5.84. The van der Waals surface area contributed by atoms with Crippen LogP contribution in [0.3, 0.4) is 0 Å². The van der Waals surface area contributed by atoms with E-state index in [1.165, 1.54) is 5.56 Å². The van der Waals surface area contributed by atoms with Crippen molar-refractivity contribution in [2.24, 2.45) is 0 Å². The Hall–Kier alpha value is -2.72. The first-order valence-electron chi connectivity index (χ1n) is 8.39. The molecule has 0 bridgehead atoms. The number of anilines is 1. The normalized spacial score (nSPS) is 10.8. The lowest BCUT2D eigenvalue weighted by Gasteiger charge is -2.07. The van der Waals surface area contributed by atoms with E-state index in [0.29, 0.717) is 22.5 Å². The Labute approximate surface area is 157 Å². The maximum atomic E-state index is 12.3. The van der Waals surface area contributed by atoms with E-state index in [9.17, 15) is 4.79 Å². The molecule has 134 valence electrons. The summed E-state index contributed by atoms with van der Waals surface area (Å²) < 4.78 is 11.2. The van der Waals surface area contributed by atoms with Crippen molar-refractivity contribution in [3.05, 3.63) is 82.8 Å². The average molecular weight is 370 g/mol. The molecule has 3 rings (SSSR count). The van der Waals surface area contributed by atoms with Crippen LogP contribution in [0.5, 0.6) is 5.75 Å². The Kier molecular flexibility index (Phi) is 5.64. The van der Waals surface area contributed by atoms with Crippen molar-refractivity contribution in [2.45, 2.75) is 26.4 Å². The molecule has 26 heavy (non-hydrogen) atoms. The number of carbonyl (C=O) groups excluding carboxylic acids is 1. The second kappa shape index (κ2) is 8.11. The number of hydrogen-bond donors (Lipinski definition) is 1. The van der Waals surface area contributed by atoms with Crippen LogP contribution in [0, 0.1) is 0 Å². The first-order chi connectivity index (χ1) is 12.5. The summed E-state index contributed by atoms with van der Waals surface area (Å²) in [7, 11) is 0. The quantitative estimate of drug-likeness (QED) is 0.589. The molecule has 2 aromatic carbocycles. The van der Waals surface area contributed by atoms with Crippen LogP contribution in [0.1, 0.15) is 41.6 Å². The largest absolute Gasteiger partial charge is 0.486 e. The fraction of sp³-hybridized carbons (Fsp3) is 0.190. The fourth-order valence-corrected chi connectivity index (χ4v) is 2.53. The second-order valence-corrected chi connectivity index (χ2v) is 6.68. The zero-order valence-corrected chi connectivity index (χ0v) is 15.4. The molecule has 1 amide bonds. The number of halogens is 1. The van der Waals surface area contributed by atoms with Crippen molar-refractivity contribution >= 4 is 23.2 Å². The highest BCUT2D eigenvalue weighted by atomic mass is 35.5. The van der Waals surface area contributed by atoms with E-state index in [4.69, 9.17) is 20.8 Å². The van der Waals surface area contributed by atoms with E-state index in [-0.39, 0.29) is 18.3 Å². The van der Waals surface area contributed by atoms with Crippen molar-refractivity contribution < 1.29 is 13.9 Å². The Bertz CT molecular complexity index is 867. The first kappa shape index (κ1) is 18.1. The molecule has 0 atom stereocenters. The van der Waals surface area contributed by atoms with Gasteiger partial charge in [-0.3, -0.25) is 4.79 Å². The number of amides is 1. The van der Waals surface area contributed by atoms with Gasteiger partial charge in [-0.05, 0) is 60.0 Å². The van der Waals surface area contributed by atoms with Gasteiger partial charge in [-0.2, -0.15) is 0 Å². The highest BCUT2D eigenvalue weighted by Gasteiger charge is 2.12. The highest BCUT2D eigenvalue weighted by molar-refractivity contribution is 6.30. The molecule has 0 saturated heterocycles. The van der Waals surface area contributed by atoms with Crippen molar-refractivity contribution in [1.29, 1.82) is 0 Å². The van der Waals surface area contributed by atoms with E-state index < -0.39 is 0 Å². The predicted molar refractivity (Wildman–Crippen MR) is 103 cm³/mol. The topological polar surface area (TPSA) is 51.5 Å². The smallest absolute Gasteiger partial charge is 0.291 e. The Balaban J connectivity index is 1.58. The molecule has 0 unspecified atom stereocenters. The van der Waals surface area contributed by atoms with E-state index in [0.717, 1.165) is 5.69 Å². The zero-order valence-electron chi connectivity index (χ0n) is 14.7. The summed E-state index contributed by atoms with van der Waals surface area (Å²) in [5.74, 6) is 1.66. The minimum Gasteiger partial charge on any atom is -0.486 e. The van der Waals surface area contributed by atoms with Gasteiger partial charge in [0.1, 0.15) is 18.1 Å². The molecule has 0 spiro atoms. The maximum absolute atomic E-state index is 12.3. The molecule has 0 aliphatic carbocycles. The second-order valence-electron chi connectivity index (χ2n) is 6.24. The third-order valence-corrected chi connectivity index (χ3v) is 4.17. The van der Waals surface area contributed by atoms with Gasteiger partial charge < -0.3 is 14.5 Å². The van der Waals surface area contributed by atoms with Crippen LogP contribution in [-0.2, 0) is 6.61 Å². The molecule has 4 nitrogen and oxygen atoms in total. The standard InChI is InChI=1S/C21H20ClNO3/c1-14(2)15-3-7-17(8-4-15)23-21(24)20-12-11-19(26-20)13-25-18-9-5-16(22)6-10-18/h3-12,14H,13H2,1-2H3,(H,23,24). The van der Waals surface area contributed by atoms with Crippen LogP contribution in [0.4, 0.5) is 5.69 Å². The van der Waals surface area contributed by atoms with Crippen LogP contribution in [0.15, 0.2) is 65.1 Å². The van der Waals surface area contributed by atoms with E-state index in [2.05, 4.69) is 19.2 Å². The molecule has 0 fully saturated rings. The highest BCUT2D eigenvalue weighted by Crippen LogP contribution is 2.20. The molecule has 1 N–H and O–H groups in total. The monoisotopic (exact) mass is 369 g/mol. The lowest BCUT2D eigenvalue weighted by Crippen LogP contribution is -2.10. The Morgan fingerprint density at radius 1 is 1.04 bits per heavy atom. The van der Waals surface area contributed by atoms with Gasteiger partial charge >= 0.3 is 0 Å². The average Bonchev–Trinajstić information content (AvgIpc) is 3.11. The van der Waals surface area contributed by atoms with Gasteiger partial charge in [0.15, 0.2) is 5.76 Å². The number of ether oxygens (including phenoxy) is 1. The molecule has 1 heterocycles. The summed E-state index contributed by atoms with van der Waals surface area (Å²) in [4.78, 5) is 12.3. The molecule has 1 aromatic heterocycles. The zero-order chi connectivity index (χ0) is 18.5. The van der Waals surface area contributed by atoms with Crippen molar-refractivity contribution in [3.8, 4) is 5.75 Å². The number of nitrogens with one attached hydrogen (secondary N) is 1. The summed E-state index contributed by atoms with van der Waals surface area (Å²) in [6, 6.07) is 18.2. The molecule has 0 aliphatic rings. The minimum absolute atomic E-state index is 0.234. The summed E-state index contributed by atoms with van der Waals surface area (Å²) in [5.41, 5.74) is 1.96. The van der Waals surface area contributed by atoms with Gasteiger partial charge in [0.2, 0.25) is 0 Å². The first-order valence-corrected chi connectivity index (χ1v) is 8.77. The van der Waals surface area contributed by atoms with Gasteiger partial charge in [-0.1, -0.05) is 37.6 Å². The number of benzene rings is 2. The summed E-state index contributed by atoms with van der Waals surface area (Å²) in [5, 5.41) is 3.48. The number of rotatable bonds is 6. The van der Waals surface area contributed by atoms with Crippen molar-refractivity contribution in [3.63, 3.8) is 0 Å². The van der Waals surface area contributed by atoms with Gasteiger partial charge in [-0.25, -0.2) is 0 Å². The minimum atomic E-state index is -0.292. The summed E-state index contributed by atoms with van der Waals surface area (Å²) in [6.45, 7) is 4.49. The fourth-order valence-electron chi connectivity index (χ4n) is 2.41. The van der Waals surface area contributed by atoms with Crippen molar-refractivity contribution in [2.75, 3.05) is 5.32 Å². The molecular weight excluding hydrogens is 350 g/mol. The number of hydrogen-bond acceptors (Lipinski definition) is 3. The third-order valence-electron chi connectivity index (χ3n) is 3.92. The third kappa shape index (κ3) is 4.67. The molecular formula is C21H20ClNO3. The molecule has 3 aromatic rings. The van der Waals surface area contributed by atoms with Crippen LogP contribution < -0.4 is 10.1 Å². The van der Waals surface area contributed by atoms with Gasteiger partial charge in [0.05, 0.1) is 0 Å². The number of furan rings is 1. The lowest BCUT2D eigenvalue weighted by molar-refractivity contribution is 0.0992. The SMILES string of the molecule is CC(C)c1ccc(NC(=O)c2ccc(COc3ccc(Cl)cc3)o2)cc1. The van der Waals surface area contributed by atoms with Gasteiger partial charge in [0.25, 0.3) is 5.91 Å².